The molecule has 2 nitrogen and oxygen atoms in total. The highest BCUT2D eigenvalue weighted by Gasteiger charge is 2.56. The lowest BCUT2D eigenvalue weighted by atomic mass is 9.62. The topological polar surface area (TPSA) is 26.3 Å². The Hall–Kier alpha value is -0.790. The number of cyclic esters (lactones) is 1. The van der Waals surface area contributed by atoms with Crippen LogP contribution in [0.25, 0.3) is 0 Å². The van der Waals surface area contributed by atoms with E-state index in [-0.39, 0.29) is 17.0 Å². The van der Waals surface area contributed by atoms with Gasteiger partial charge in [-0.05, 0) is 33.1 Å². The van der Waals surface area contributed by atoms with Gasteiger partial charge in [0.2, 0.25) is 0 Å². The van der Waals surface area contributed by atoms with Gasteiger partial charge in [-0.25, -0.2) is 0 Å². The van der Waals surface area contributed by atoms with E-state index in [2.05, 4.69) is 6.58 Å². The lowest BCUT2D eigenvalue weighted by molar-refractivity contribution is -0.147. The molecule has 0 amide bonds. The fraction of sp³-hybridized carbons (Fsp3) is 0.750. The van der Waals surface area contributed by atoms with E-state index in [1.807, 2.05) is 13.8 Å². The highest BCUT2D eigenvalue weighted by atomic mass is 16.6. The van der Waals surface area contributed by atoms with E-state index in [0.717, 1.165) is 12.8 Å². The first-order valence-electron chi connectivity index (χ1n) is 5.38. The highest BCUT2D eigenvalue weighted by Crippen LogP contribution is 2.55. The van der Waals surface area contributed by atoms with E-state index in [1.165, 1.54) is 18.4 Å². The SMILES string of the molecule is C=C1CCCCC12CC(=O)OC2(C)C. The van der Waals surface area contributed by atoms with Gasteiger partial charge in [0, 0.05) is 5.41 Å². The Balaban J connectivity index is 2.37. The van der Waals surface area contributed by atoms with Crippen LogP contribution in [0, 0.1) is 5.41 Å². The van der Waals surface area contributed by atoms with Crippen LogP contribution in [-0.4, -0.2) is 11.6 Å². The number of carbonyl (C=O) groups excluding carboxylic acids is 1. The summed E-state index contributed by atoms with van der Waals surface area (Å²) in [5.74, 6) is -0.0574. The van der Waals surface area contributed by atoms with Gasteiger partial charge in [0.05, 0.1) is 6.42 Å². The Kier molecular flexibility index (Phi) is 1.98. The molecule has 0 bridgehead atoms. The quantitative estimate of drug-likeness (QED) is 0.438. The Morgan fingerprint density at radius 2 is 2.07 bits per heavy atom. The Bertz CT molecular complexity index is 291. The van der Waals surface area contributed by atoms with Gasteiger partial charge in [0.25, 0.3) is 0 Å². The highest BCUT2D eigenvalue weighted by molar-refractivity contribution is 5.75. The third kappa shape index (κ3) is 1.13. The van der Waals surface area contributed by atoms with Gasteiger partial charge >= 0.3 is 5.97 Å². The van der Waals surface area contributed by atoms with Gasteiger partial charge in [-0.15, -0.1) is 0 Å². The standard InChI is InChI=1S/C12H18O2/c1-9-6-4-5-7-12(9)8-10(13)14-11(12,2)3/h1,4-8H2,2-3H3. The third-order valence-corrected chi connectivity index (χ3v) is 3.98. The molecular weight excluding hydrogens is 176 g/mol. The molecule has 0 aromatic rings. The van der Waals surface area contributed by atoms with Crippen molar-refractivity contribution in [1.29, 1.82) is 0 Å². The maximum Gasteiger partial charge on any atom is 0.307 e. The predicted octanol–water partition coefficient (Wildman–Crippen LogP) is 2.83. The van der Waals surface area contributed by atoms with Crippen molar-refractivity contribution in [3.63, 3.8) is 0 Å². The van der Waals surface area contributed by atoms with Crippen molar-refractivity contribution in [3.8, 4) is 0 Å². The minimum Gasteiger partial charge on any atom is -0.459 e. The van der Waals surface area contributed by atoms with E-state index < -0.39 is 0 Å². The predicted molar refractivity (Wildman–Crippen MR) is 54.8 cm³/mol. The molecule has 78 valence electrons. The van der Waals surface area contributed by atoms with Crippen molar-refractivity contribution in [2.45, 2.75) is 51.6 Å². The molecule has 1 atom stereocenters. The number of rotatable bonds is 0. The first-order chi connectivity index (χ1) is 6.48. The van der Waals surface area contributed by atoms with Crippen LogP contribution in [0.15, 0.2) is 12.2 Å². The van der Waals surface area contributed by atoms with Crippen molar-refractivity contribution in [2.24, 2.45) is 5.41 Å². The first-order valence-corrected chi connectivity index (χ1v) is 5.38. The Morgan fingerprint density at radius 1 is 1.36 bits per heavy atom. The molecule has 0 radical (unpaired) electrons. The molecule has 0 aromatic heterocycles. The zero-order valence-electron chi connectivity index (χ0n) is 9.06. The molecule has 2 aliphatic rings. The van der Waals surface area contributed by atoms with E-state index in [9.17, 15) is 4.79 Å². The average Bonchev–Trinajstić information content (AvgIpc) is 2.29. The second-order valence-corrected chi connectivity index (χ2v) is 5.05. The summed E-state index contributed by atoms with van der Waals surface area (Å²) >= 11 is 0. The molecule has 1 unspecified atom stereocenters. The minimum absolute atomic E-state index is 0.0574. The van der Waals surface area contributed by atoms with Crippen molar-refractivity contribution < 1.29 is 9.53 Å². The molecule has 1 heterocycles. The summed E-state index contributed by atoms with van der Waals surface area (Å²) < 4.78 is 5.41. The number of hydrogen-bond donors (Lipinski definition) is 0. The Morgan fingerprint density at radius 3 is 2.57 bits per heavy atom. The smallest absolute Gasteiger partial charge is 0.307 e. The molecule has 1 aliphatic carbocycles. The summed E-state index contributed by atoms with van der Waals surface area (Å²) in [6.45, 7) is 8.19. The van der Waals surface area contributed by atoms with E-state index in [1.54, 1.807) is 0 Å². The van der Waals surface area contributed by atoms with Crippen LogP contribution in [0.1, 0.15) is 46.0 Å². The first kappa shape index (κ1) is 9.75. The summed E-state index contributed by atoms with van der Waals surface area (Å²) in [5.41, 5.74) is 0.809. The largest absolute Gasteiger partial charge is 0.459 e. The molecule has 1 aliphatic heterocycles. The van der Waals surface area contributed by atoms with Crippen LogP contribution >= 0.6 is 0 Å². The van der Waals surface area contributed by atoms with E-state index in [4.69, 9.17) is 4.74 Å². The molecule has 2 rings (SSSR count). The van der Waals surface area contributed by atoms with Crippen LogP contribution in [0.3, 0.4) is 0 Å². The van der Waals surface area contributed by atoms with E-state index in [0.29, 0.717) is 6.42 Å². The summed E-state index contributed by atoms with van der Waals surface area (Å²) in [6.07, 6.45) is 5.06. The van der Waals surface area contributed by atoms with Crippen LogP contribution in [-0.2, 0) is 9.53 Å². The number of ether oxygens (including phenoxy) is 1. The lowest BCUT2D eigenvalue weighted by Crippen LogP contribution is -2.42. The summed E-state index contributed by atoms with van der Waals surface area (Å²) in [7, 11) is 0. The van der Waals surface area contributed by atoms with Gasteiger partial charge in [-0.2, -0.15) is 0 Å². The summed E-state index contributed by atoms with van der Waals surface area (Å²) in [6, 6.07) is 0. The molecule has 1 saturated heterocycles. The van der Waals surface area contributed by atoms with Crippen LogP contribution < -0.4 is 0 Å². The number of esters is 1. The molecule has 1 saturated carbocycles. The second-order valence-electron chi connectivity index (χ2n) is 5.05. The third-order valence-electron chi connectivity index (χ3n) is 3.98. The van der Waals surface area contributed by atoms with Gasteiger partial charge in [-0.1, -0.05) is 18.6 Å². The maximum absolute atomic E-state index is 11.4. The Labute approximate surface area is 85.3 Å². The normalized spacial score (nSPS) is 36.1. The zero-order valence-corrected chi connectivity index (χ0v) is 9.06. The number of hydrogen-bond acceptors (Lipinski definition) is 2. The second kappa shape index (κ2) is 2.85. The molecule has 1 spiro atoms. The van der Waals surface area contributed by atoms with Gasteiger partial charge in [0.1, 0.15) is 5.60 Å². The van der Waals surface area contributed by atoms with Crippen molar-refractivity contribution >= 4 is 5.97 Å². The molecule has 14 heavy (non-hydrogen) atoms. The van der Waals surface area contributed by atoms with Crippen LogP contribution in [0.2, 0.25) is 0 Å². The maximum atomic E-state index is 11.4. The fourth-order valence-electron chi connectivity index (χ4n) is 3.00. The van der Waals surface area contributed by atoms with Gasteiger partial charge in [0.15, 0.2) is 0 Å². The average molecular weight is 194 g/mol. The molecule has 0 aromatic carbocycles. The zero-order chi connectivity index (χ0) is 10.4. The van der Waals surface area contributed by atoms with Crippen LogP contribution in [0.4, 0.5) is 0 Å². The molecule has 2 heteroatoms. The monoisotopic (exact) mass is 194 g/mol. The fourth-order valence-corrected chi connectivity index (χ4v) is 3.00. The molecule has 2 fully saturated rings. The van der Waals surface area contributed by atoms with E-state index >= 15 is 0 Å². The summed E-state index contributed by atoms with van der Waals surface area (Å²) in [4.78, 5) is 11.4. The van der Waals surface area contributed by atoms with Gasteiger partial charge in [-0.3, -0.25) is 4.79 Å². The van der Waals surface area contributed by atoms with Crippen molar-refractivity contribution in [2.75, 3.05) is 0 Å². The molecular formula is C12H18O2. The summed E-state index contributed by atoms with van der Waals surface area (Å²) in [5, 5.41) is 0. The molecule has 0 N–H and O–H groups in total. The number of carbonyl (C=O) groups is 1. The van der Waals surface area contributed by atoms with Crippen molar-refractivity contribution in [1.82, 2.24) is 0 Å². The minimum atomic E-state index is -0.346. The van der Waals surface area contributed by atoms with Crippen LogP contribution in [0.5, 0.6) is 0 Å². The van der Waals surface area contributed by atoms with Gasteiger partial charge < -0.3 is 4.74 Å². The van der Waals surface area contributed by atoms with Crippen molar-refractivity contribution in [3.05, 3.63) is 12.2 Å². The lowest BCUT2D eigenvalue weighted by Gasteiger charge is -2.43.